The molecule has 0 atom stereocenters. The standard InChI is InChI=1S/C11H11ClN2O/c12-10-3-1-2-9(14-10)11(8-13)4-6-15-7-5-11/h1-3H,4-7H2. The second kappa shape index (κ2) is 4.18. The van der Waals surface area contributed by atoms with Gasteiger partial charge in [-0.1, -0.05) is 17.7 Å². The van der Waals surface area contributed by atoms with E-state index in [0.717, 1.165) is 5.69 Å². The van der Waals surface area contributed by atoms with Crippen LogP contribution in [0.15, 0.2) is 18.2 Å². The van der Waals surface area contributed by atoms with Gasteiger partial charge in [-0.2, -0.15) is 5.26 Å². The molecule has 0 saturated carbocycles. The molecule has 78 valence electrons. The van der Waals surface area contributed by atoms with Gasteiger partial charge >= 0.3 is 0 Å². The Balaban J connectivity index is 2.37. The molecule has 0 bridgehead atoms. The van der Waals surface area contributed by atoms with Crippen molar-refractivity contribution < 1.29 is 4.74 Å². The maximum atomic E-state index is 9.30. The van der Waals surface area contributed by atoms with Crippen molar-refractivity contribution in [3.8, 4) is 6.07 Å². The van der Waals surface area contributed by atoms with E-state index >= 15 is 0 Å². The van der Waals surface area contributed by atoms with E-state index in [4.69, 9.17) is 16.3 Å². The lowest BCUT2D eigenvalue weighted by atomic mass is 9.78. The summed E-state index contributed by atoms with van der Waals surface area (Å²) in [6.45, 7) is 1.23. The topological polar surface area (TPSA) is 45.9 Å². The second-order valence-electron chi connectivity index (χ2n) is 3.65. The lowest BCUT2D eigenvalue weighted by Crippen LogP contribution is -2.33. The summed E-state index contributed by atoms with van der Waals surface area (Å²) in [5.41, 5.74) is 0.254. The normalized spacial score (nSPS) is 19.5. The van der Waals surface area contributed by atoms with Crippen LogP contribution >= 0.6 is 11.6 Å². The maximum absolute atomic E-state index is 9.30. The van der Waals surface area contributed by atoms with E-state index in [1.54, 1.807) is 6.07 Å². The van der Waals surface area contributed by atoms with Crippen LogP contribution in [-0.2, 0) is 10.2 Å². The van der Waals surface area contributed by atoms with Gasteiger partial charge in [0.05, 0.1) is 11.8 Å². The highest BCUT2D eigenvalue weighted by Crippen LogP contribution is 2.33. The molecule has 0 aliphatic carbocycles. The van der Waals surface area contributed by atoms with Gasteiger partial charge in [-0.05, 0) is 25.0 Å². The summed E-state index contributed by atoms with van der Waals surface area (Å²) in [6, 6.07) is 7.77. The number of aromatic nitrogens is 1. The zero-order valence-electron chi connectivity index (χ0n) is 8.24. The highest BCUT2D eigenvalue weighted by Gasteiger charge is 2.36. The summed E-state index contributed by atoms with van der Waals surface area (Å²) in [5.74, 6) is 0. The average Bonchev–Trinajstić information content (AvgIpc) is 2.30. The van der Waals surface area contributed by atoms with Gasteiger partial charge in [0, 0.05) is 13.2 Å². The molecule has 1 fully saturated rings. The van der Waals surface area contributed by atoms with Gasteiger partial charge in [0.25, 0.3) is 0 Å². The molecule has 1 aromatic rings. The Morgan fingerprint density at radius 1 is 1.40 bits per heavy atom. The van der Waals surface area contributed by atoms with Crippen molar-refractivity contribution in [2.24, 2.45) is 0 Å². The first kappa shape index (κ1) is 10.4. The van der Waals surface area contributed by atoms with Gasteiger partial charge in [0.1, 0.15) is 10.6 Å². The Morgan fingerprint density at radius 2 is 2.13 bits per heavy atom. The fourth-order valence-electron chi connectivity index (χ4n) is 1.82. The van der Waals surface area contributed by atoms with Gasteiger partial charge in [0.2, 0.25) is 0 Å². The minimum absolute atomic E-state index is 0.439. The van der Waals surface area contributed by atoms with Gasteiger partial charge in [0.15, 0.2) is 0 Å². The van der Waals surface area contributed by atoms with E-state index in [1.165, 1.54) is 0 Å². The molecular weight excluding hydrogens is 212 g/mol. The van der Waals surface area contributed by atoms with Gasteiger partial charge in [-0.3, -0.25) is 0 Å². The zero-order chi connectivity index (χ0) is 10.7. The van der Waals surface area contributed by atoms with Crippen molar-refractivity contribution in [1.82, 2.24) is 4.98 Å². The Kier molecular flexibility index (Phi) is 2.90. The third-order valence-electron chi connectivity index (χ3n) is 2.77. The van der Waals surface area contributed by atoms with E-state index in [2.05, 4.69) is 11.1 Å². The lowest BCUT2D eigenvalue weighted by Gasteiger charge is -2.29. The Hall–Kier alpha value is -1.11. The molecule has 2 rings (SSSR count). The highest BCUT2D eigenvalue weighted by atomic mass is 35.5. The smallest absolute Gasteiger partial charge is 0.129 e. The van der Waals surface area contributed by atoms with Crippen LogP contribution in [0.1, 0.15) is 18.5 Å². The largest absolute Gasteiger partial charge is 0.381 e. The molecule has 0 N–H and O–H groups in total. The van der Waals surface area contributed by atoms with Crippen molar-refractivity contribution in [1.29, 1.82) is 5.26 Å². The third kappa shape index (κ3) is 1.97. The van der Waals surface area contributed by atoms with Crippen molar-refractivity contribution in [2.45, 2.75) is 18.3 Å². The minimum atomic E-state index is -0.511. The predicted octanol–water partition coefficient (Wildman–Crippen LogP) is 2.31. The Bertz CT molecular complexity index is 394. The van der Waals surface area contributed by atoms with Crippen LogP contribution in [-0.4, -0.2) is 18.2 Å². The van der Waals surface area contributed by atoms with Crippen molar-refractivity contribution in [3.63, 3.8) is 0 Å². The summed E-state index contributed by atoms with van der Waals surface area (Å²) >= 11 is 5.83. The van der Waals surface area contributed by atoms with Crippen molar-refractivity contribution in [2.75, 3.05) is 13.2 Å². The summed E-state index contributed by atoms with van der Waals surface area (Å²) in [7, 11) is 0. The number of rotatable bonds is 1. The first-order valence-corrected chi connectivity index (χ1v) is 5.27. The highest BCUT2D eigenvalue weighted by molar-refractivity contribution is 6.29. The second-order valence-corrected chi connectivity index (χ2v) is 4.04. The first-order chi connectivity index (χ1) is 7.27. The van der Waals surface area contributed by atoms with Crippen LogP contribution in [0.2, 0.25) is 5.15 Å². The SMILES string of the molecule is N#CC1(c2cccc(Cl)n2)CCOCC1. The van der Waals surface area contributed by atoms with Crippen LogP contribution in [0.3, 0.4) is 0 Å². The van der Waals surface area contributed by atoms with Crippen LogP contribution in [0, 0.1) is 11.3 Å². The third-order valence-corrected chi connectivity index (χ3v) is 2.98. The molecule has 0 aromatic carbocycles. The average molecular weight is 223 g/mol. The number of halogens is 1. The number of ether oxygens (including phenoxy) is 1. The van der Waals surface area contributed by atoms with E-state index in [0.29, 0.717) is 31.2 Å². The summed E-state index contributed by atoms with van der Waals surface area (Å²) < 4.78 is 5.27. The van der Waals surface area contributed by atoms with E-state index < -0.39 is 5.41 Å². The molecule has 1 aliphatic heterocycles. The molecule has 0 radical (unpaired) electrons. The van der Waals surface area contributed by atoms with Crippen LogP contribution in [0.4, 0.5) is 0 Å². The van der Waals surface area contributed by atoms with Crippen molar-refractivity contribution in [3.05, 3.63) is 29.0 Å². The molecule has 3 nitrogen and oxygen atoms in total. The van der Waals surface area contributed by atoms with Crippen LogP contribution in [0.25, 0.3) is 0 Å². The lowest BCUT2D eigenvalue weighted by molar-refractivity contribution is 0.0664. The molecule has 1 aliphatic rings. The monoisotopic (exact) mass is 222 g/mol. The fourth-order valence-corrected chi connectivity index (χ4v) is 1.98. The fraction of sp³-hybridized carbons (Fsp3) is 0.455. The summed E-state index contributed by atoms with van der Waals surface area (Å²) in [6.07, 6.45) is 1.38. The van der Waals surface area contributed by atoms with E-state index in [9.17, 15) is 5.26 Å². The van der Waals surface area contributed by atoms with E-state index in [1.807, 2.05) is 12.1 Å². The molecule has 2 heterocycles. The molecular formula is C11H11ClN2O. The maximum Gasteiger partial charge on any atom is 0.129 e. The number of pyridine rings is 1. The molecule has 15 heavy (non-hydrogen) atoms. The van der Waals surface area contributed by atoms with E-state index in [-0.39, 0.29) is 0 Å². The van der Waals surface area contributed by atoms with Crippen molar-refractivity contribution >= 4 is 11.6 Å². The summed E-state index contributed by atoms with van der Waals surface area (Å²) in [5, 5.41) is 9.74. The molecule has 1 saturated heterocycles. The van der Waals surface area contributed by atoms with Crippen LogP contribution in [0.5, 0.6) is 0 Å². The molecule has 0 unspecified atom stereocenters. The molecule has 4 heteroatoms. The molecule has 0 amide bonds. The number of nitriles is 1. The number of hydrogen-bond acceptors (Lipinski definition) is 3. The summed E-state index contributed by atoms with van der Waals surface area (Å²) in [4.78, 5) is 4.23. The molecule has 1 aromatic heterocycles. The zero-order valence-corrected chi connectivity index (χ0v) is 9.00. The Morgan fingerprint density at radius 3 is 2.73 bits per heavy atom. The van der Waals surface area contributed by atoms with Gasteiger partial charge in [-0.15, -0.1) is 0 Å². The quantitative estimate of drug-likeness (QED) is 0.685. The predicted molar refractivity (Wildman–Crippen MR) is 56.6 cm³/mol. The number of nitrogens with zero attached hydrogens (tertiary/aromatic N) is 2. The number of hydrogen-bond donors (Lipinski definition) is 0. The Labute approximate surface area is 93.6 Å². The first-order valence-electron chi connectivity index (χ1n) is 4.89. The minimum Gasteiger partial charge on any atom is -0.381 e. The van der Waals surface area contributed by atoms with Gasteiger partial charge in [-0.25, -0.2) is 4.98 Å². The van der Waals surface area contributed by atoms with Crippen LogP contribution < -0.4 is 0 Å². The van der Waals surface area contributed by atoms with Gasteiger partial charge < -0.3 is 4.74 Å². The molecule has 0 spiro atoms.